The molecule has 0 saturated heterocycles. The van der Waals surface area contributed by atoms with Crippen molar-refractivity contribution in [2.75, 3.05) is 0 Å². The second-order valence-corrected chi connectivity index (χ2v) is 8.13. The molecule has 0 aromatic rings. The van der Waals surface area contributed by atoms with Gasteiger partial charge in [0.1, 0.15) is 0 Å². The molecule has 1 nitrogen and oxygen atoms in total. The monoisotopic (exact) mass is 419 g/mol. The number of H-pyrrole nitrogens is 1. The van der Waals surface area contributed by atoms with Crippen molar-refractivity contribution in [2.45, 2.75) is 6.42 Å². The average molecular weight is 422 g/mol. The van der Waals surface area contributed by atoms with E-state index in [-0.39, 0.29) is 24.8 Å². The zero-order valence-electron chi connectivity index (χ0n) is 9.38. The Hall–Kier alpha value is 0.183. The summed E-state index contributed by atoms with van der Waals surface area (Å²) in [6.45, 7) is 0. The fourth-order valence-electron chi connectivity index (χ4n) is 1.90. The largest absolute Gasteiger partial charge is 1.00 e. The van der Waals surface area contributed by atoms with Crippen molar-refractivity contribution in [3.63, 3.8) is 0 Å². The standard InChI is InChI=1S/C8H5BrN.C5H5.2ClH.Zr/c9-7-4-5-10-8-3-1-2-6(7)8;1-2-4-5-3-1;;;/h1-3,5,10H;1-3H,4H2;2*1H;/q;;;;+2/p-2. The normalized spacial score (nSPS) is 12.6. The first-order valence-corrected chi connectivity index (χ1v) is 8.48. The number of aromatic amines is 1. The summed E-state index contributed by atoms with van der Waals surface area (Å²) >= 11 is 3.14. The smallest absolute Gasteiger partial charge is 1.00 e. The predicted molar refractivity (Wildman–Crippen MR) is 66.6 cm³/mol. The van der Waals surface area contributed by atoms with E-state index in [2.05, 4.69) is 63.5 Å². The van der Waals surface area contributed by atoms with Crippen LogP contribution in [0.15, 0.2) is 50.4 Å². The summed E-state index contributed by atoms with van der Waals surface area (Å²) in [4.78, 5) is 3.38. The maximum atomic E-state index is 3.74. The molecule has 92 valence electrons. The van der Waals surface area contributed by atoms with Gasteiger partial charge in [-0.05, 0) is 0 Å². The second-order valence-electron chi connectivity index (χ2n) is 3.82. The van der Waals surface area contributed by atoms with Gasteiger partial charge in [0.05, 0.1) is 0 Å². The fourth-order valence-corrected chi connectivity index (χ4v) is 5.73. The third-order valence-corrected chi connectivity index (χ3v) is 7.81. The molecule has 1 aliphatic heterocycles. The molecule has 3 aliphatic rings. The number of hydrogen-bond donors (Lipinski definition) is 1. The molecule has 0 aromatic carbocycles. The van der Waals surface area contributed by atoms with Crippen LogP contribution in [0.4, 0.5) is 0 Å². The van der Waals surface area contributed by atoms with Crippen LogP contribution < -0.4 is 28.1 Å². The number of aromatic nitrogens is 1. The zero-order valence-corrected chi connectivity index (χ0v) is 14.9. The van der Waals surface area contributed by atoms with Gasteiger partial charge in [-0.15, -0.1) is 0 Å². The molecule has 3 rings (SSSR count). The van der Waals surface area contributed by atoms with Gasteiger partial charge in [0, 0.05) is 0 Å². The Bertz CT molecular complexity index is 562. The molecule has 1 N–H and O–H groups in total. The topological polar surface area (TPSA) is 15.8 Å². The molecule has 0 saturated carbocycles. The maximum absolute atomic E-state index is 3.74. The summed E-state index contributed by atoms with van der Waals surface area (Å²) < 4.78 is 4.44. The molecule has 0 bridgehead atoms. The van der Waals surface area contributed by atoms with E-state index in [9.17, 15) is 0 Å². The van der Waals surface area contributed by atoms with Gasteiger partial charge in [-0.3, -0.25) is 0 Å². The Balaban J connectivity index is 0.000000810. The Labute approximate surface area is 139 Å². The van der Waals surface area contributed by atoms with Gasteiger partial charge in [-0.2, -0.15) is 0 Å². The van der Waals surface area contributed by atoms with Crippen LogP contribution in [0.2, 0.25) is 0 Å². The summed E-state index contributed by atoms with van der Waals surface area (Å²) in [6, 6.07) is 6.38. The van der Waals surface area contributed by atoms with Crippen LogP contribution in [0.25, 0.3) is 11.3 Å². The summed E-state index contributed by atoms with van der Waals surface area (Å²) in [7, 11) is 0. The molecular formula is C13H10BrCl2NZr. The number of nitrogens with one attached hydrogen (secondary N) is 1. The van der Waals surface area contributed by atoms with Gasteiger partial charge in [0.15, 0.2) is 0 Å². The minimum atomic E-state index is -0.608. The number of allylic oxidation sites excluding steroid dienone is 4. The van der Waals surface area contributed by atoms with Crippen molar-refractivity contribution in [3.8, 4) is 11.3 Å². The molecule has 0 aromatic heterocycles. The van der Waals surface area contributed by atoms with Crippen LogP contribution in [0, 0.1) is 0 Å². The molecule has 0 amide bonds. The number of halogens is 3. The van der Waals surface area contributed by atoms with E-state index in [1.165, 1.54) is 19.0 Å². The molecule has 1 heterocycles. The van der Waals surface area contributed by atoms with Crippen LogP contribution >= 0.6 is 15.9 Å². The third-order valence-electron chi connectivity index (χ3n) is 2.73. The Morgan fingerprint density at radius 1 is 1.22 bits per heavy atom. The van der Waals surface area contributed by atoms with E-state index in [1.807, 2.05) is 0 Å². The van der Waals surface area contributed by atoms with E-state index >= 15 is 0 Å². The second kappa shape index (κ2) is 7.10. The maximum Gasteiger partial charge on any atom is -1.00 e. The first-order valence-electron chi connectivity index (χ1n) is 5.23. The van der Waals surface area contributed by atoms with Crippen LogP contribution in [-0.4, -0.2) is 4.98 Å². The van der Waals surface area contributed by atoms with Crippen LogP contribution in [0.3, 0.4) is 0 Å². The van der Waals surface area contributed by atoms with Crippen molar-refractivity contribution in [2.24, 2.45) is 0 Å². The van der Waals surface area contributed by atoms with E-state index in [0.717, 1.165) is 6.42 Å². The Morgan fingerprint density at radius 3 is 2.78 bits per heavy atom. The van der Waals surface area contributed by atoms with Gasteiger partial charge < -0.3 is 24.8 Å². The fraction of sp³-hybridized carbons (Fsp3) is 0.0769. The molecule has 2 aliphatic carbocycles. The van der Waals surface area contributed by atoms with Crippen molar-refractivity contribution in [1.82, 2.24) is 4.98 Å². The summed E-state index contributed by atoms with van der Waals surface area (Å²) in [5, 5.41) is 0. The first kappa shape index (κ1) is 16.2. The van der Waals surface area contributed by atoms with Crippen molar-refractivity contribution in [3.05, 3.63) is 50.4 Å². The van der Waals surface area contributed by atoms with Gasteiger partial charge in [-0.25, -0.2) is 0 Å². The van der Waals surface area contributed by atoms with Crippen molar-refractivity contribution in [1.29, 1.82) is 0 Å². The van der Waals surface area contributed by atoms with Crippen LogP contribution in [0.1, 0.15) is 6.42 Å². The van der Waals surface area contributed by atoms with Gasteiger partial charge in [0.25, 0.3) is 0 Å². The van der Waals surface area contributed by atoms with Crippen molar-refractivity contribution >= 4 is 19.2 Å². The van der Waals surface area contributed by atoms with Gasteiger partial charge >= 0.3 is 115 Å². The molecule has 0 unspecified atom stereocenters. The number of rotatable bonds is 2. The number of fused-ring (bicyclic) bond motifs is 1. The molecule has 18 heavy (non-hydrogen) atoms. The molecule has 5 heteroatoms. The quantitative estimate of drug-likeness (QED) is 0.549. The van der Waals surface area contributed by atoms with Crippen molar-refractivity contribution < 1.29 is 48.0 Å². The molecule has 0 fully saturated rings. The van der Waals surface area contributed by atoms with Crippen LogP contribution in [0.5, 0.6) is 0 Å². The van der Waals surface area contributed by atoms with Gasteiger partial charge in [0.2, 0.25) is 0 Å². The number of pyridine rings is 1. The number of hydrogen-bond acceptors (Lipinski definition) is 0. The Kier molecular flexibility index (Phi) is 6.40. The van der Waals surface area contributed by atoms with E-state index in [4.69, 9.17) is 0 Å². The minimum absolute atomic E-state index is 0. The minimum Gasteiger partial charge on any atom is -1.00 e. The zero-order chi connectivity index (χ0) is 11.0. The van der Waals surface area contributed by atoms with E-state index in [1.54, 1.807) is 3.28 Å². The summed E-state index contributed by atoms with van der Waals surface area (Å²) in [5.41, 5.74) is 2.53. The van der Waals surface area contributed by atoms with Gasteiger partial charge in [-0.1, -0.05) is 0 Å². The predicted octanol–water partition coefficient (Wildman–Crippen LogP) is -2.56. The Morgan fingerprint density at radius 2 is 2.06 bits per heavy atom. The summed E-state index contributed by atoms with van der Waals surface area (Å²) in [6.07, 6.45) is 10.0. The SMILES string of the molecule is Brc1[c]([Zr+2][C]2=CC=CC2)c[nH]c2cccc1-2.[Cl-].[Cl-]. The van der Waals surface area contributed by atoms with E-state index in [0.29, 0.717) is 0 Å². The molecule has 0 spiro atoms. The third kappa shape index (κ3) is 3.19. The molecule has 0 radical (unpaired) electrons. The van der Waals surface area contributed by atoms with Crippen LogP contribution in [-0.2, 0) is 23.2 Å². The molecule has 0 atom stereocenters. The molecular weight excluding hydrogens is 412 g/mol. The first-order chi connectivity index (χ1) is 7.84. The summed E-state index contributed by atoms with van der Waals surface area (Å²) in [5.74, 6) is 0. The average Bonchev–Trinajstić information content (AvgIpc) is 2.93. The van der Waals surface area contributed by atoms with E-state index < -0.39 is 23.2 Å².